The largest absolute Gasteiger partial charge is 0.481 e. The Morgan fingerprint density at radius 2 is 1.92 bits per heavy atom. The summed E-state index contributed by atoms with van der Waals surface area (Å²) in [5.41, 5.74) is 0.224. The van der Waals surface area contributed by atoms with E-state index in [1.54, 1.807) is 19.1 Å². The highest BCUT2D eigenvalue weighted by Gasteiger charge is 2.62. The molecule has 10 heteroatoms. The Morgan fingerprint density at radius 1 is 1.19 bits per heavy atom. The van der Waals surface area contributed by atoms with Gasteiger partial charge in [0.25, 0.3) is 0 Å². The lowest BCUT2D eigenvalue weighted by Crippen LogP contribution is -2.49. The van der Waals surface area contributed by atoms with Crippen LogP contribution >= 0.6 is 0 Å². The second-order valence-electron chi connectivity index (χ2n) is 8.93. The molecule has 2 fully saturated rings. The molecule has 1 aromatic heterocycles. The van der Waals surface area contributed by atoms with Gasteiger partial charge in [-0.3, -0.25) is 9.59 Å². The Balaban J connectivity index is 1.51. The topological polar surface area (TPSA) is 137 Å². The van der Waals surface area contributed by atoms with E-state index in [2.05, 4.69) is 21.9 Å². The third-order valence-corrected chi connectivity index (χ3v) is 6.68. The normalized spacial score (nSPS) is 26.5. The summed E-state index contributed by atoms with van der Waals surface area (Å²) in [5.74, 6) is -4.07. The summed E-state index contributed by atoms with van der Waals surface area (Å²) in [6, 6.07) is 11.2. The Kier molecular flexibility index (Phi) is 7.23. The third kappa shape index (κ3) is 5.02. The standard InChI is InChI=1S/C26H29N3O7/c1-4-16-14-26(16,24(33)35-5-2)29-22(30)18-11-17(12-19(18)23(31)32)36-21-13-20(27-25(28-21)34-3)15-9-7-6-8-10-15/h4,6-10,13,16-19H,1,5,11-12,14H2,2-3H3,(H,29,30)(H,31,32). The number of nitrogens with zero attached hydrogens (tertiary/aromatic N) is 2. The molecule has 2 N–H and O–H groups in total. The van der Waals surface area contributed by atoms with Crippen LogP contribution in [0.4, 0.5) is 0 Å². The predicted molar refractivity (Wildman–Crippen MR) is 128 cm³/mol. The Labute approximate surface area is 208 Å². The molecule has 2 saturated carbocycles. The number of carboxylic acid groups (broad SMARTS) is 1. The molecule has 0 aliphatic heterocycles. The van der Waals surface area contributed by atoms with Crippen LogP contribution < -0.4 is 14.8 Å². The summed E-state index contributed by atoms with van der Waals surface area (Å²) < 4.78 is 16.4. The van der Waals surface area contributed by atoms with E-state index in [9.17, 15) is 19.5 Å². The van der Waals surface area contributed by atoms with Crippen molar-refractivity contribution in [1.82, 2.24) is 15.3 Å². The van der Waals surface area contributed by atoms with Crippen molar-refractivity contribution in [3.63, 3.8) is 0 Å². The number of aromatic nitrogens is 2. The van der Waals surface area contributed by atoms with Crippen molar-refractivity contribution >= 4 is 17.8 Å². The van der Waals surface area contributed by atoms with Crippen LogP contribution in [0.5, 0.6) is 11.9 Å². The minimum absolute atomic E-state index is 0.106. The summed E-state index contributed by atoms with van der Waals surface area (Å²) in [6.45, 7) is 5.57. The fourth-order valence-electron chi connectivity index (χ4n) is 4.71. The molecule has 0 bridgehead atoms. The van der Waals surface area contributed by atoms with E-state index in [0.29, 0.717) is 12.1 Å². The van der Waals surface area contributed by atoms with Crippen LogP contribution in [0.1, 0.15) is 26.2 Å². The molecule has 0 radical (unpaired) electrons. The van der Waals surface area contributed by atoms with E-state index < -0.39 is 41.3 Å². The van der Waals surface area contributed by atoms with E-state index in [1.165, 1.54) is 7.11 Å². The number of aliphatic carboxylic acids is 1. The molecule has 0 spiro atoms. The number of carbonyl (C=O) groups excluding carboxylic acids is 2. The van der Waals surface area contributed by atoms with Crippen LogP contribution in [0.25, 0.3) is 11.3 Å². The smallest absolute Gasteiger partial charge is 0.332 e. The van der Waals surface area contributed by atoms with E-state index >= 15 is 0 Å². The fourth-order valence-corrected chi connectivity index (χ4v) is 4.71. The average molecular weight is 496 g/mol. The number of rotatable bonds is 10. The number of hydrogen-bond donors (Lipinski definition) is 2. The van der Waals surface area contributed by atoms with E-state index in [1.807, 2.05) is 30.3 Å². The molecule has 5 unspecified atom stereocenters. The first-order chi connectivity index (χ1) is 17.3. The highest BCUT2D eigenvalue weighted by atomic mass is 16.5. The Hall–Kier alpha value is -3.95. The van der Waals surface area contributed by atoms with Gasteiger partial charge in [-0.05, 0) is 26.2 Å². The molecule has 0 saturated heterocycles. The molecule has 5 atom stereocenters. The maximum atomic E-state index is 13.2. The van der Waals surface area contributed by atoms with Crippen molar-refractivity contribution in [2.45, 2.75) is 37.8 Å². The molecule has 2 aliphatic carbocycles. The number of nitrogens with one attached hydrogen (secondary N) is 1. The second-order valence-corrected chi connectivity index (χ2v) is 8.93. The van der Waals surface area contributed by atoms with Gasteiger partial charge in [0, 0.05) is 17.5 Å². The van der Waals surface area contributed by atoms with Gasteiger partial charge in [0.05, 0.1) is 31.2 Å². The average Bonchev–Trinajstić information content (AvgIpc) is 3.43. The van der Waals surface area contributed by atoms with Gasteiger partial charge < -0.3 is 24.6 Å². The van der Waals surface area contributed by atoms with Crippen molar-refractivity contribution in [2.24, 2.45) is 17.8 Å². The van der Waals surface area contributed by atoms with Crippen LogP contribution in [0.3, 0.4) is 0 Å². The van der Waals surface area contributed by atoms with E-state index in [4.69, 9.17) is 14.2 Å². The van der Waals surface area contributed by atoms with Crippen molar-refractivity contribution < 1.29 is 33.7 Å². The van der Waals surface area contributed by atoms with E-state index in [0.717, 1.165) is 5.56 Å². The van der Waals surface area contributed by atoms with Crippen LogP contribution in [-0.4, -0.2) is 58.3 Å². The zero-order chi connectivity index (χ0) is 25.9. The van der Waals surface area contributed by atoms with Gasteiger partial charge in [0.15, 0.2) is 0 Å². The molecule has 1 amide bonds. The van der Waals surface area contributed by atoms with Crippen LogP contribution in [0.15, 0.2) is 49.1 Å². The quantitative estimate of drug-likeness (QED) is 0.376. The van der Waals surface area contributed by atoms with Crippen LogP contribution in [0.2, 0.25) is 0 Å². The molecular weight excluding hydrogens is 466 g/mol. The molecule has 1 heterocycles. The highest BCUT2D eigenvalue weighted by Crippen LogP contribution is 2.46. The monoisotopic (exact) mass is 495 g/mol. The summed E-state index contributed by atoms with van der Waals surface area (Å²) in [4.78, 5) is 46.3. The highest BCUT2D eigenvalue weighted by molar-refractivity contribution is 5.94. The van der Waals surface area contributed by atoms with Gasteiger partial charge in [-0.15, -0.1) is 6.58 Å². The number of benzene rings is 1. The van der Waals surface area contributed by atoms with Gasteiger partial charge in [0.2, 0.25) is 11.8 Å². The second kappa shape index (κ2) is 10.3. The van der Waals surface area contributed by atoms with Crippen LogP contribution in [0, 0.1) is 17.8 Å². The maximum Gasteiger partial charge on any atom is 0.332 e. The zero-order valence-corrected chi connectivity index (χ0v) is 20.2. The minimum Gasteiger partial charge on any atom is -0.481 e. The Bertz CT molecular complexity index is 1160. The molecular formula is C26H29N3O7. The summed E-state index contributed by atoms with van der Waals surface area (Å²) >= 11 is 0. The number of amides is 1. The first kappa shape index (κ1) is 25.2. The number of ether oxygens (including phenoxy) is 3. The van der Waals surface area contributed by atoms with Gasteiger partial charge in [-0.25, -0.2) is 4.79 Å². The number of methoxy groups -OCH3 is 1. The van der Waals surface area contributed by atoms with Crippen LogP contribution in [-0.2, 0) is 19.1 Å². The van der Waals surface area contributed by atoms with Gasteiger partial charge >= 0.3 is 17.9 Å². The fraction of sp³-hybridized carbons (Fsp3) is 0.423. The number of carboxylic acids is 1. The summed E-state index contributed by atoms with van der Waals surface area (Å²) in [6.07, 6.45) is 1.64. The molecule has 2 aromatic rings. The molecule has 1 aromatic carbocycles. The summed E-state index contributed by atoms with van der Waals surface area (Å²) in [7, 11) is 1.44. The lowest BCUT2D eigenvalue weighted by molar-refractivity contribution is -0.150. The predicted octanol–water partition coefficient (Wildman–Crippen LogP) is 2.63. The number of esters is 1. The molecule has 4 rings (SSSR count). The lowest BCUT2D eigenvalue weighted by atomic mass is 9.94. The van der Waals surface area contributed by atoms with Crippen molar-refractivity contribution in [3.05, 3.63) is 49.1 Å². The molecule has 10 nitrogen and oxygen atoms in total. The first-order valence-corrected chi connectivity index (χ1v) is 11.8. The van der Waals surface area contributed by atoms with Crippen molar-refractivity contribution in [2.75, 3.05) is 13.7 Å². The first-order valence-electron chi connectivity index (χ1n) is 11.8. The van der Waals surface area contributed by atoms with Gasteiger partial charge in [-0.1, -0.05) is 36.4 Å². The maximum absolute atomic E-state index is 13.2. The van der Waals surface area contributed by atoms with E-state index in [-0.39, 0.29) is 37.3 Å². The summed E-state index contributed by atoms with van der Waals surface area (Å²) in [5, 5.41) is 12.6. The third-order valence-electron chi connectivity index (χ3n) is 6.68. The SMILES string of the molecule is C=CC1CC1(NC(=O)C1CC(Oc2cc(-c3ccccc3)nc(OC)n2)CC1C(=O)O)C(=O)OCC. The number of hydrogen-bond acceptors (Lipinski definition) is 8. The minimum atomic E-state index is -1.19. The lowest BCUT2D eigenvalue weighted by Gasteiger charge is -2.21. The Morgan fingerprint density at radius 3 is 2.53 bits per heavy atom. The van der Waals surface area contributed by atoms with Crippen molar-refractivity contribution in [3.8, 4) is 23.1 Å². The molecule has 2 aliphatic rings. The van der Waals surface area contributed by atoms with Crippen molar-refractivity contribution in [1.29, 1.82) is 0 Å². The number of carbonyl (C=O) groups is 3. The zero-order valence-electron chi connectivity index (χ0n) is 20.2. The molecule has 36 heavy (non-hydrogen) atoms. The van der Waals surface area contributed by atoms with Gasteiger partial charge in [0.1, 0.15) is 11.6 Å². The van der Waals surface area contributed by atoms with Gasteiger partial charge in [-0.2, -0.15) is 9.97 Å². The molecule has 190 valence electrons.